The zero-order valence-electron chi connectivity index (χ0n) is 16.0. The summed E-state index contributed by atoms with van der Waals surface area (Å²) in [7, 11) is 0. The highest BCUT2D eigenvalue weighted by Crippen LogP contribution is 2.21. The normalized spacial score (nSPS) is 15.5. The second kappa shape index (κ2) is 9.32. The van der Waals surface area contributed by atoms with Crippen molar-refractivity contribution >= 4 is 5.84 Å². The van der Waals surface area contributed by atoms with Crippen molar-refractivity contribution < 1.29 is 14.3 Å². The zero-order chi connectivity index (χ0) is 19.9. The molecule has 0 aliphatic carbocycles. The number of benzene rings is 1. The summed E-state index contributed by atoms with van der Waals surface area (Å²) in [5.74, 6) is 0.485. The lowest BCUT2D eigenvalue weighted by molar-refractivity contribution is 0.191. The van der Waals surface area contributed by atoms with E-state index in [1.165, 1.54) is 12.1 Å². The van der Waals surface area contributed by atoms with E-state index >= 15 is 0 Å². The minimum atomic E-state index is -0.312. The Hall–Kier alpha value is -2.93. The summed E-state index contributed by atoms with van der Waals surface area (Å²) in [6.07, 6.45) is 1.89. The van der Waals surface area contributed by atoms with E-state index in [0.29, 0.717) is 22.8 Å². The Bertz CT molecular complexity index is 848. The van der Waals surface area contributed by atoms with Crippen LogP contribution in [0, 0.1) is 12.7 Å². The molecule has 1 aliphatic heterocycles. The maximum atomic E-state index is 13.4. The molecule has 0 radical (unpaired) electrons. The summed E-state index contributed by atoms with van der Waals surface area (Å²) in [6.45, 7) is 9.81. The van der Waals surface area contributed by atoms with Crippen molar-refractivity contribution in [2.45, 2.75) is 13.5 Å². The number of aryl methyl sites for hydroxylation is 1. The van der Waals surface area contributed by atoms with Crippen LogP contribution in [0.2, 0.25) is 0 Å². The quantitative estimate of drug-likeness (QED) is 0.273. The number of aromatic nitrogens is 1. The Kier molecular flexibility index (Phi) is 6.60. The maximum absolute atomic E-state index is 13.4. The average Bonchev–Trinajstić information content (AvgIpc) is 2.70. The van der Waals surface area contributed by atoms with Gasteiger partial charge in [0.15, 0.2) is 5.84 Å². The van der Waals surface area contributed by atoms with Gasteiger partial charge in [0, 0.05) is 38.4 Å². The maximum Gasteiger partial charge on any atom is 0.225 e. The molecule has 0 amide bonds. The summed E-state index contributed by atoms with van der Waals surface area (Å²) in [6, 6.07) is 9.94. The van der Waals surface area contributed by atoms with Crippen LogP contribution in [-0.4, -0.2) is 58.6 Å². The van der Waals surface area contributed by atoms with Crippen LogP contribution in [0.25, 0.3) is 0 Å². The van der Waals surface area contributed by atoms with Gasteiger partial charge in [-0.2, -0.15) is 0 Å². The molecule has 148 valence electrons. The standard InChI is InChI=1S/C21H25FN4O2/c1-3-9-25-10-12-26(13-11-25)20(24-27)19-8-7-16(2)23-21(19)28-15-17-5-4-6-18(22)14-17/h3-8,14,27H,1,9-13,15H2,2H3/b24-20-. The molecule has 1 aromatic heterocycles. The average molecular weight is 384 g/mol. The van der Waals surface area contributed by atoms with E-state index in [1.54, 1.807) is 12.1 Å². The summed E-state index contributed by atoms with van der Waals surface area (Å²) in [5.41, 5.74) is 2.10. The minimum absolute atomic E-state index is 0.174. The fraction of sp³-hybridized carbons (Fsp3) is 0.333. The van der Waals surface area contributed by atoms with Crippen molar-refractivity contribution in [2.24, 2.45) is 5.16 Å². The van der Waals surface area contributed by atoms with Crippen molar-refractivity contribution in [1.29, 1.82) is 0 Å². The Labute approximate surface area is 164 Å². The summed E-state index contributed by atoms with van der Waals surface area (Å²) < 4.78 is 19.3. The molecule has 1 saturated heterocycles. The number of pyridine rings is 1. The second-order valence-electron chi connectivity index (χ2n) is 6.72. The lowest BCUT2D eigenvalue weighted by Crippen LogP contribution is -2.49. The molecule has 2 heterocycles. The molecule has 28 heavy (non-hydrogen) atoms. The van der Waals surface area contributed by atoms with Crippen molar-refractivity contribution in [3.63, 3.8) is 0 Å². The zero-order valence-corrected chi connectivity index (χ0v) is 16.0. The van der Waals surface area contributed by atoms with Crippen molar-refractivity contribution in [3.8, 4) is 5.88 Å². The first-order valence-corrected chi connectivity index (χ1v) is 9.26. The van der Waals surface area contributed by atoms with E-state index in [1.807, 2.05) is 30.0 Å². The van der Waals surface area contributed by atoms with Crippen molar-refractivity contribution in [3.05, 3.63) is 71.7 Å². The molecule has 0 saturated carbocycles. The molecule has 1 fully saturated rings. The second-order valence-corrected chi connectivity index (χ2v) is 6.72. The van der Waals surface area contributed by atoms with Crippen molar-refractivity contribution in [1.82, 2.24) is 14.8 Å². The van der Waals surface area contributed by atoms with Gasteiger partial charge in [0.2, 0.25) is 5.88 Å². The van der Waals surface area contributed by atoms with Gasteiger partial charge in [-0.1, -0.05) is 23.4 Å². The largest absolute Gasteiger partial charge is 0.472 e. The third-order valence-corrected chi connectivity index (χ3v) is 4.66. The van der Waals surface area contributed by atoms with Gasteiger partial charge < -0.3 is 14.8 Å². The molecule has 0 atom stereocenters. The first-order chi connectivity index (χ1) is 13.6. The van der Waals surface area contributed by atoms with Crippen LogP contribution in [0.4, 0.5) is 4.39 Å². The van der Waals surface area contributed by atoms with Gasteiger partial charge in [-0.05, 0) is 36.8 Å². The smallest absolute Gasteiger partial charge is 0.225 e. The Balaban J connectivity index is 1.77. The van der Waals surface area contributed by atoms with Gasteiger partial charge in [-0.25, -0.2) is 9.37 Å². The van der Waals surface area contributed by atoms with Crippen LogP contribution in [0.15, 0.2) is 54.2 Å². The molecule has 7 heteroatoms. The molecule has 3 rings (SSSR count). The number of halogens is 1. The van der Waals surface area contributed by atoms with Crippen molar-refractivity contribution in [2.75, 3.05) is 32.7 Å². The fourth-order valence-electron chi connectivity index (χ4n) is 3.20. The summed E-state index contributed by atoms with van der Waals surface area (Å²) in [4.78, 5) is 8.76. The van der Waals surface area contributed by atoms with Crippen LogP contribution < -0.4 is 4.74 Å². The molecule has 0 bridgehead atoms. The molecule has 1 aromatic carbocycles. The number of hydrogen-bond acceptors (Lipinski definition) is 5. The van der Waals surface area contributed by atoms with Crippen LogP contribution in [0.3, 0.4) is 0 Å². The lowest BCUT2D eigenvalue weighted by atomic mass is 10.2. The Morgan fingerprint density at radius 2 is 2.07 bits per heavy atom. The van der Waals surface area contributed by atoms with Gasteiger partial charge in [-0.3, -0.25) is 4.90 Å². The fourth-order valence-corrected chi connectivity index (χ4v) is 3.20. The predicted octanol–water partition coefficient (Wildman–Crippen LogP) is 3.05. The molecule has 1 aliphatic rings. The highest BCUT2D eigenvalue weighted by atomic mass is 19.1. The number of oxime groups is 1. The number of rotatable bonds is 6. The Morgan fingerprint density at radius 3 is 2.75 bits per heavy atom. The van der Waals surface area contributed by atoms with Gasteiger partial charge in [0.05, 0.1) is 5.56 Å². The number of ether oxygens (including phenoxy) is 1. The molecular weight excluding hydrogens is 359 g/mol. The van der Waals surface area contributed by atoms with E-state index < -0.39 is 0 Å². The molecular formula is C21H25FN4O2. The van der Waals surface area contributed by atoms with Gasteiger partial charge in [0.1, 0.15) is 12.4 Å². The first-order valence-electron chi connectivity index (χ1n) is 9.26. The monoisotopic (exact) mass is 384 g/mol. The number of amidine groups is 1. The third-order valence-electron chi connectivity index (χ3n) is 4.66. The van der Waals surface area contributed by atoms with E-state index in [4.69, 9.17) is 4.74 Å². The Morgan fingerprint density at radius 1 is 1.29 bits per heavy atom. The topological polar surface area (TPSA) is 61.2 Å². The van der Waals surface area contributed by atoms with E-state index in [-0.39, 0.29) is 12.4 Å². The molecule has 0 spiro atoms. The van der Waals surface area contributed by atoms with Gasteiger partial charge in [0.25, 0.3) is 0 Å². The number of hydrogen-bond donors (Lipinski definition) is 1. The molecule has 2 aromatic rings. The van der Waals surface area contributed by atoms with Crippen LogP contribution in [-0.2, 0) is 6.61 Å². The molecule has 6 nitrogen and oxygen atoms in total. The van der Waals surface area contributed by atoms with E-state index in [9.17, 15) is 9.60 Å². The minimum Gasteiger partial charge on any atom is -0.472 e. The predicted molar refractivity (Wildman–Crippen MR) is 106 cm³/mol. The highest BCUT2D eigenvalue weighted by Gasteiger charge is 2.24. The number of nitrogens with zero attached hydrogens (tertiary/aromatic N) is 4. The SMILES string of the molecule is C=CCN1CCN(/C(=N\O)c2ccc(C)nc2OCc2cccc(F)c2)CC1. The summed E-state index contributed by atoms with van der Waals surface area (Å²) in [5, 5.41) is 13.2. The number of piperazine rings is 1. The van der Waals surface area contributed by atoms with Crippen LogP contribution >= 0.6 is 0 Å². The van der Waals surface area contributed by atoms with Gasteiger partial charge in [-0.15, -0.1) is 6.58 Å². The third kappa shape index (κ3) is 4.86. The van der Waals surface area contributed by atoms with Gasteiger partial charge >= 0.3 is 0 Å². The molecule has 1 N–H and O–H groups in total. The molecule has 0 unspecified atom stereocenters. The highest BCUT2D eigenvalue weighted by molar-refractivity contribution is 6.00. The van der Waals surface area contributed by atoms with Crippen LogP contribution in [0.1, 0.15) is 16.8 Å². The summed E-state index contributed by atoms with van der Waals surface area (Å²) >= 11 is 0. The first kappa shape index (κ1) is 19.8. The van der Waals surface area contributed by atoms with E-state index in [2.05, 4.69) is 21.6 Å². The lowest BCUT2D eigenvalue weighted by Gasteiger charge is -2.35. The van der Waals surface area contributed by atoms with E-state index in [0.717, 1.165) is 38.4 Å². The van der Waals surface area contributed by atoms with Crippen LogP contribution in [0.5, 0.6) is 5.88 Å².